The van der Waals surface area contributed by atoms with E-state index in [9.17, 15) is 9.59 Å². The predicted octanol–water partition coefficient (Wildman–Crippen LogP) is -1.73. The molecule has 1 atom stereocenters. The molecular weight excluding hydrogens is 125 g/mol. The lowest BCUT2D eigenvalue weighted by atomic mass is 10.3. The van der Waals surface area contributed by atoms with E-state index >= 15 is 0 Å². The van der Waals surface area contributed by atoms with Crippen molar-refractivity contribution in [3.63, 3.8) is 0 Å². The van der Waals surface area contributed by atoms with Gasteiger partial charge in [0.05, 0.1) is 6.42 Å². The maximum absolute atomic E-state index is 9.99. The van der Waals surface area contributed by atoms with E-state index in [2.05, 4.69) is 5.73 Å². The maximum Gasteiger partial charge on any atom is 0.321 e. The summed E-state index contributed by atoms with van der Waals surface area (Å²) in [6.45, 7) is 0. The number of amides is 1. The van der Waals surface area contributed by atoms with Gasteiger partial charge in [-0.1, -0.05) is 0 Å². The molecule has 0 spiro atoms. The first kappa shape index (κ1) is 7.90. The standard InChI is InChI=1S/C4H8N2O3/c5-2(4(8)9)1-3(6)7/h2H,1,5H2,(H2,6,7)(H,8,9)/t2-/m0/s1/i4+1. The summed E-state index contributed by atoms with van der Waals surface area (Å²) < 4.78 is 0. The zero-order valence-electron chi connectivity index (χ0n) is 4.70. The van der Waals surface area contributed by atoms with Crippen LogP contribution in [0.1, 0.15) is 6.42 Å². The van der Waals surface area contributed by atoms with Crippen LogP contribution in [-0.4, -0.2) is 23.0 Å². The summed E-state index contributed by atoms with van der Waals surface area (Å²) in [5.41, 5.74) is 9.57. The zero-order chi connectivity index (χ0) is 7.44. The molecule has 0 aliphatic carbocycles. The van der Waals surface area contributed by atoms with Crippen molar-refractivity contribution in [3.8, 4) is 0 Å². The molecule has 0 saturated carbocycles. The number of nitrogens with two attached hydrogens (primary N) is 2. The van der Waals surface area contributed by atoms with Crippen LogP contribution < -0.4 is 11.5 Å². The predicted molar refractivity (Wildman–Crippen MR) is 29.4 cm³/mol. The number of carbonyl (C=O) groups excluding carboxylic acids is 1. The molecule has 0 aromatic carbocycles. The van der Waals surface area contributed by atoms with Crippen LogP contribution in [0.15, 0.2) is 0 Å². The highest BCUT2D eigenvalue weighted by atomic mass is 16.5. The van der Waals surface area contributed by atoms with Gasteiger partial charge >= 0.3 is 5.97 Å². The molecule has 0 rings (SSSR count). The molecular formula is C4H8N2O3. The minimum atomic E-state index is -1.21. The Morgan fingerprint density at radius 3 is 2.11 bits per heavy atom. The van der Waals surface area contributed by atoms with E-state index in [0.29, 0.717) is 0 Å². The third-order valence-electron chi connectivity index (χ3n) is 0.738. The zero-order valence-corrected chi connectivity index (χ0v) is 4.70. The van der Waals surface area contributed by atoms with Gasteiger partial charge in [-0.15, -0.1) is 0 Å². The SMILES string of the molecule is NC(=O)C[C@H](N)[13C](=O)O. The van der Waals surface area contributed by atoms with Gasteiger partial charge in [0.2, 0.25) is 5.91 Å². The van der Waals surface area contributed by atoms with Gasteiger partial charge in [-0.3, -0.25) is 9.59 Å². The summed E-state index contributed by atoms with van der Waals surface area (Å²) in [6, 6.07) is -1.16. The highest BCUT2D eigenvalue weighted by molar-refractivity contribution is 5.82. The van der Waals surface area contributed by atoms with Crippen molar-refractivity contribution in [3.05, 3.63) is 0 Å². The molecule has 0 bridgehead atoms. The van der Waals surface area contributed by atoms with Crippen molar-refractivity contribution in [2.24, 2.45) is 11.5 Å². The number of carbonyl (C=O) groups is 2. The summed E-state index contributed by atoms with van der Waals surface area (Å²) in [4.78, 5) is 19.9. The second-order valence-corrected chi connectivity index (χ2v) is 1.62. The van der Waals surface area contributed by atoms with E-state index in [1.165, 1.54) is 0 Å². The van der Waals surface area contributed by atoms with Gasteiger partial charge in [0.25, 0.3) is 0 Å². The fourth-order valence-corrected chi connectivity index (χ4v) is 0.304. The molecule has 0 aliphatic rings. The summed E-state index contributed by atoms with van der Waals surface area (Å²) >= 11 is 0. The fraction of sp³-hybridized carbons (Fsp3) is 0.500. The highest BCUT2D eigenvalue weighted by Gasteiger charge is 2.13. The molecule has 5 heteroatoms. The lowest BCUT2D eigenvalue weighted by Crippen LogP contribution is -2.34. The molecule has 0 unspecified atom stereocenters. The molecule has 0 heterocycles. The van der Waals surface area contributed by atoms with Crippen LogP contribution in [0.25, 0.3) is 0 Å². The number of carboxylic acid groups (broad SMARTS) is 1. The quantitative estimate of drug-likeness (QED) is 0.398. The number of aliphatic carboxylic acids is 1. The van der Waals surface area contributed by atoms with Crippen LogP contribution in [-0.2, 0) is 9.59 Å². The highest BCUT2D eigenvalue weighted by Crippen LogP contribution is 1.84. The summed E-state index contributed by atoms with van der Waals surface area (Å²) in [5.74, 6) is -1.92. The Hall–Kier alpha value is -1.10. The Morgan fingerprint density at radius 1 is 1.56 bits per heavy atom. The first-order valence-corrected chi connectivity index (χ1v) is 2.30. The molecule has 0 radical (unpaired) electrons. The van der Waals surface area contributed by atoms with E-state index in [1.807, 2.05) is 0 Å². The minimum absolute atomic E-state index is 0.310. The monoisotopic (exact) mass is 133 g/mol. The molecule has 1 amide bonds. The first-order valence-electron chi connectivity index (χ1n) is 2.30. The molecule has 52 valence electrons. The molecule has 9 heavy (non-hydrogen) atoms. The van der Waals surface area contributed by atoms with Crippen molar-refractivity contribution in [1.29, 1.82) is 0 Å². The van der Waals surface area contributed by atoms with Crippen molar-refractivity contribution in [2.75, 3.05) is 0 Å². The van der Waals surface area contributed by atoms with Gasteiger partial charge in [0.1, 0.15) is 6.04 Å². The number of hydrogen-bond acceptors (Lipinski definition) is 3. The molecule has 0 aromatic rings. The van der Waals surface area contributed by atoms with E-state index in [1.54, 1.807) is 0 Å². The molecule has 0 aliphatic heterocycles. The molecule has 0 aromatic heterocycles. The van der Waals surface area contributed by atoms with E-state index < -0.39 is 17.9 Å². The van der Waals surface area contributed by atoms with Crippen LogP contribution in [0, 0.1) is 0 Å². The molecule has 0 fully saturated rings. The van der Waals surface area contributed by atoms with E-state index in [0.717, 1.165) is 0 Å². The number of rotatable bonds is 3. The van der Waals surface area contributed by atoms with Gasteiger partial charge in [0, 0.05) is 0 Å². The Morgan fingerprint density at radius 2 is 2.00 bits per heavy atom. The summed E-state index contributed by atoms with van der Waals surface area (Å²) in [6.07, 6.45) is -0.310. The average molecular weight is 133 g/mol. The Balaban J connectivity index is 3.63. The topological polar surface area (TPSA) is 106 Å². The van der Waals surface area contributed by atoms with Crippen LogP contribution in [0.4, 0.5) is 0 Å². The van der Waals surface area contributed by atoms with Crippen LogP contribution in [0.3, 0.4) is 0 Å². The normalized spacial score (nSPS) is 12.6. The lowest BCUT2D eigenvalue weighted by molar-refractivity contribution is -0.140. The van der Waals surface area contributed by atoms with Crippen molar-refractivity contribution < 1.29 is 14.7 Å². The number of hydrogen-bond donors (Lipinski definition) is 3. The largest absolute Gasteiger partial charge is 0.480 e. The van der Waals surface area contributed by atoms with Crippen LogP contribution in [0.5, 0.6) is 0 Å². The van der Waals surface area contributed by atoms with Gasteiger partial charge in [-0.2, -0.15) is 0 Å². The van der Waals surface area contributed by atoms with Gasteiger partial charge in [0.15, 0.2) is 0 Å². The fourth-order valence-electron chi connectivity index (χ4n) is 0.304. The summed E-state index contributed by atoms with van der Waals surface area (Å²) in [5, 5.41) is 8.10. The Kier molecular flexibility index (Phi) is 2.66. The number of primary amides is 1. The third kappa shape index (κ3) is 3.48. The second kappa shape index (κ2) is 3.03. The number of carboxylic acids is 1. The van der Waals surface area contributed by atoms with E-state index in [4.69, 9.17) is 10.8 Å². The van der Waals surface area contributed by atoms with E-state index in [-0.39, 0.29) is 6.42 Å². The second-order valence-electron chi connectivity index (χ2n) is 1.62. The average Bonchev–Trinajstić information content (AvgIpc) is 1.63. The van der Waals surface area contributed by atoms with Crippen LogP contribution in [0.2, 0.25) is 0 Å². The van der Waals surface area contributed by atoms with Gasteiger partial charge < -0.3 is 16.6 Å². The molecule has 0 saturated heterocycles. The lowest BCUT2D eigenvalue weighted by Gasteiger charge is -1.99. The maximum atomic E-state index is 9.99. The van der Waals surface area contributed by atoms with Crippen molar-refractivity contribution in [1.82, 2.24) is 0 Å². The Labute approximate surface area is 51.6 Å². The Bertz CT molecular complexity index is 134. The molecule has 5 nitrogen and oxygen atoms in total. The molecule has 5 N–H and O–H groups in total. The smallest absolute Gasteiger partial charge is 0.321 e. The van der Waals surface area contributed by atoms with Crippen molar-refractivity contribution in [2.45, 2.75) is 12.5 Å². The van der Waals surface area contributed by atoms with Crippen LogP contribution >= 0.6 is 0 Å². The first-order chi connectivity index (χ1) is 4.04. The van der Waals surface area contributed by atoms with Crippen molar-refractivity contribution >= 4 is 11.9 Å². The third-order valence-corrected chi connectivity index (χ3v) is 0.738. The minimum Gasteiger partial charge on any atom is -0.480 e. The summed E-state index contributed by atoms with van der Waals surface area (Å²) in [7, 11) is 0. The van der Waals surface area contributed by atoms with Gasteiger partial charge in [-0.25, -0.2) is 0 Å². The van der Waals surface area contributed by atoms with Gasteiger partial charge in [-0.05, 0) is 0 Å².